The van der Waals surface area contributed by atoms with Crippen LogP contribution in [-0.4, -0.2) is 36.4 Å². The Morgan fingerprint density at radius 1 is 0.438 bits per heavy atom. The summed E-state index contributed by atoms with van der Waals surface area (Å²) < 4.78 is 10.3. The maximum atomic E-state index is 12.0. The molecule has 274 valence electrons. The maximum Gasteiger partial charge on any atom is 0.305 e. The second kappa shape index (κ2) is 38.8. The zero-order valence-corrected chi connectivity index (χ0v) is 31.0. The average Bonchev–Trinajstić information content (AvgIpc) is 3.09. The normalized spacial score (nSPS) is 12.4. The molecule has 5 nitrogen and oxygen atoms in total. The Balaban J connectivity index is 3.49. The Morgan fingerprint density at radius 3 is 1.08 bits per heavy atom. The van der Waals surface area contributed by atoms with Gasteiger partial charge in [-0.05, 0) is 77.0 Å². The topological polar surface area (TPSA) is 72.8 Å². The van der Waals surface area contributed by atoms with E-state index in [0.717, 1.165) is 89.9 Å². The predicted molar refractivity (Wildman–Crippen MR) is 205 cm³/mol. The summed E-state index contributed by atoms with van der Waals surface area (Å²) in [6.07, 6.45) is 50.9. The molecule has 5 heteroatoms. The number of esters is 2. The summed E-state index contributed by atoms with van der Waals surface area (Å²) in [7, 11) is 0. The zero-order valence-electron chi connectivity index (χ0n) is 31.0. The van der Waals surface area contributed by atoms with Crippen LogP contribution >= 0.6 is 0 Å². The van der Waals surface area contributed by atoms with E-state index in [9.17, 15) is 14.7 Å². The van der Waals surface area contributed by atoms with Gasteiger partial charge in [0.05, 0.1) is 0 Å². The third kappa shape index (κ3) is 37.8. The van der Waals surface area contributed by atoms with E-state index in [-0.39, 0.29) is 25.2 Å². The minimum absolute atomic E-state index is 0.128. The van der Waals surface area contributed by atoms with Crippen molar-refractivity contribution in [2.24, 2.45) is 0 Å². The van der Waals surface area contributed by atoms with Crippen molar-refractivity contribution >= 4 is 11.9 Å². The van der Waals surface area contributed by atoms with Gasteiger partial charge in [-0.3, -0.25) is 9.59 Å². The Morgan fingerprint density at radius 2 is 0.729 bits per heavy atom. The molecule has 0 fully saturated rings. The van der Waals surface area contributed by atoms with E-state index in [0.29, 0.717) is 12.8 Å². The van der Waals surface area contributed by atoms with Gasteiger partial charge in [0.25, 0.3) is 0 Å². The molecule has 0 heterocycles. The molecule has 1 N–H and O–H groups in total. The highest BCUT2D eigenvalue weighted by molar-refractivity contribution is 5.69. The zero-order chi connectivity index (χ0) is 35.0. The molecule has 0 rings (SSSR count). The molecule has 0 saturated heterocycles. The molecular formula is C43H72O5. The molecule has 0 aromatic heterocycles. The van der Waals surface area contributed by atoms with Crippen molar-refractivity contribution in [1.29, 1.82) is 0 Å². The molecule has 0 atom stereocenters. The fourth-order valence-electron chi connectivity index (χ4n) is 5.05. The number of ether oxygens (including phenoxy) is 2. The summed E-state index contributed by atoms with van der Waals surface area (Å²) in [4.78, 5) is 23.9. The van der Waals surface area contributed by atoms with Crippen LogP contribution in [0.3, 0.4) is 0 Å². The maximum absolute atomic E-state index is 12.0. The Kier molecular flexibility index (Phi) is 36.6. The third-order valence-electron chi connectivity index (χ3n) is 7.94. The minimum atomic E-state index is -0.975. The van der Waals surface area contributed by atoms with Gasteiger partial charge < -0.3 is 14.6 Å². The average molecular weight is 669 g/mol. The largest absolute Gasteiger partial charge is 0.463 e. The van der Waals surface area contributed by atoms with Crippen molar-refractivity contribution < 1.29 is 24.2 Å². The van der Waals surface area contributed by atoms with E-state index in [1.54, 1.807) is 0 Å². The molecule has 0 aromatic rings. The first kappa shape index (κ1) is 45.3. The lowest BCUT2D eigenvalue weighted by Crippen LogP contribution is -2.25. The van der Waals surface area contributed by atoms with Crippen LogP contribution in [0.2, 0.25) is 0 Å². The molecule has 0 unspecified atom stereocenters. The number of allylic oxidation sites excluding steroid dienone is 12. The quantitative estimate of drug-likeness (QED) is 0.0420. The van der Waals surface area contributed by atoms with Crippen LogP contribution < -0.4 is 0 Å². The van der Waals surface area contributed by atoms with E-state index < -0.39 is 6.10 Å². The van der Waals surface area contributed by atoms with Gasteiger partial charge in [0, 0.05) is 12.8 Å². The number of carbonyl (C=O) groups is 2. The number of aliphatic hydroxyl groups is 1. The summed E-state index contributed by atoms with van der Waals surface area (Å²) in [6, 6.07) is 0. The van der Waals surface area contributed by atoms with Gasteiger partial charge in [0.15, 0.2) is 0 Å². The van der Waals surface area contributed by atoms with Crippen molar-refractivity contribution in [1.82, 2.24) is 0 Å². The summed E-state index contributed by atoms with van der Waals surface area (Å²) >= 11 is 0. The predicted octanol–water partition coefficient (Wildman–Crippen LogP) is 12.2. The molecule has 0 aromatic carbocycles. The number of hydrogen-bond donors (Lipinski definition) is 1. The second-order valence-corrected chi connectivity index (χ2v) is 12.6. The molecule has 0 bridgehead atoms. The van der Waals surface area contributed by atoms with Gasteiger partial charge in [-0.2, -0.15) is 0 Å². The highest BCUT2D eigenvalue weighted by Gasteiger charge is 2.12. The molecule has 0 aliphatic carbocycles. The fourth-order valence-corrected chi connectivity index (χ4v) is 5.05. The first-order valence-corrected chi connectivity index (χ1v) is 19.5. The Hall–Kier alpha value is -2.66. The molecular weight excluding hydrogens is 596 g/mol. The van der Waals surface area contributed by atoms with E-state index in [2.05, 4.69) is 86.8 Å². The number of carbonyl (C=O) groups excluding carboxylic acids is 2. The minimum Gasteiger partial charge on any atom is -0.463 e. The van der Waals surface area contributed by atoms with Gasteiger partial charge in [0.2, 0.25) is 0 Å². The number of rotatable bonds is 34. The Labute approximate surface area is 295 Å². The van der Waals surface area contributed by atoms with Crippen molar-refractivity contribution in [3.63, 3.8) is 0 Å². The molecule has 0 spiro atoms. The van der Waals surface area contributed by atoms with Crippen LogP contribution in [0.5, 0.6) is 0 Å². The smallest absolute Gasteiger partial charge is 0.305 e. The van der Waals surface area contributed by atoms with Gasteiger partial charge in [0.1, 0.15) is 19.3 Å². The van der Waals surface area contributed by atoms with E-state index in [1.165, 1.54) is 51.4 Å². The van der Waals surface area contributed by atoms with Crippen LogP contribution in [0.15, 0.2) is 72.9 Å². The molecule has 0 amide bonds. The first-order valence-electron chi connectivity index (χ1n) is 19.5. The summed E-state index contributed by atoms with van der Waals surface area (Å²) in [5.74, 6) is -0.593. The lowest BCUT2D eigenvalue weighted by Gasteiger charge is -2.12. The van der Waals surface area contributed by atoms with Crippen LogP contribution in [0, 0.1) is 0 Å². The molecule has 0 saturated carbocycles. The van der Waals surface area contributed by atoms with Crippen molar-refractivity contribution in [2.45, 2.75) is 174 Å². The molecule has 0 aliphatic heterocycles. The lowest BCUT2D eigenvalue weighted by atomic mass is 10.1. The first-order chi connectivity index (χ1) is 23.6. The molecule has 48 heavy (non-hydrogen) atoms. The molecule has 0 aliphatic rings. The van der Waals surface area contributed by atoms with Crippen LogP contribution in [0.4, 0.5) is 0 Å². The Bertz CT molecular complexity index is 823. The lowest BCUT2D eigenvalue weighted by molar-refractivity contribution is -0.152. The van der Waals surface area contributed by atoms with Crippen molar-refractivity contribution in [3.8, 4) is 0 Å². The number of hydrogen-bond acceptors (Lipinski definition) is 5. The number of unbranched alkanes of at least 4 members (excludes halogenated alkanes) is 14. The van der Waals surface area contributed by atoms with Crippen molar-refractivity contribution in [2.75, 3.05) is 13.2 Å². The van der Waals surface area contributed by atoms with Gasteiger partial charge in [-0.25, -0.2) is 0 Å². The monoisotopic (exact) mass is 669 g/mol. The van der Waals surface area contributed by atoms with Crippen molar-refractivity contribution in [3.05, 3.63) is 72.9 Å². The SMILES string of the molecule is CC/C=C/C/C=C/C/C=C/CCCCCCCCCC(=O)OCC(O)COC(=O)CCCCCCCCC/C=C/C/C=C/C/C=C/CC. The summed E-state index contributed by atoms with van der Waals surface area (Å²) in [6.45, 7) is 4.05. The molecule has 0 radical (unpaired) electrons. The third-order valence-corrected chi connectivity index (χ3v) is 7.94. The fraction of sp³-hybridized carbons (Fsp3) is 0.674. The van der Waals surface area contributed by atoms with Gasteiger partial charge in [-0.15, -0.1) is 0 Å². The van der Waals surface area contributed by atoms with Crippen LogP contribution in [0.1, 0.15) is 168 Å². The summed E-state index contributed by atoms with van der Waals surface area (Å²) in [5, 5.41) is 10.0. The van der Waals surface area contributed by atoms with Gasteiger partial charge >= 0.3 is 11.9 Å². The highest BCUT2D eigenvalue weighted by atomic mass is 16.6. The van der Waals surface area contributed by atoms with E-state index >= 15 is 0 Å². The number of aliphatic hydroxyl groups excluding tert-OH is 1. The second-order valence-electron chi connectivity index (χ2n) is 12.6. The van der Waals surface area contributed by atoms with Gasteiger partial charge in [-0.1, -0.05) is 151 Å². The van der Waals surface area contributed by atoms with E-state index in [1.807, 2.05) is 0 Å². The standard InChI is InChI=1S/C43H72O5/c1-3-5-7-9-11-13-15-17-19-21-23-25-27-29-31-33-35-37-42(45)47-39-41(44)40-48-43(46)38-36-34-32-30-28-26-24-22-20-18-16-14-12-10-8-6-4-2/h5-8,11-14,17-20,41,44H,3-4,9-10,15-16,21-40H2,1-2H3/b7-5+,8-6+,13-11+,14-12+,19-17+,20-18+. The van der Waals surface area contributed by atoms with E-state index in [4.69, 9.17) is 9.47 Å². The van der Waals surface area contributed by atoms with Crippen LogP contribution in [-0.2, 0) is 19.1 Å². The highest BCUT2D eigenvalue weighted by Crippen LogP contribution is 2.12. The summed E-state index contributed by atoms with van der Waals surface area (Å²) in [5.41, 5.74) is 0. The van der Waals surface area contributed by atoms with Crippen LogP contribution in [0.25, 0.3) is 0 Å².